The molecular formula is C11H13NO2. The maximum Gasteiger partial charge on any atom is 0.0832 e. The summed E-state index contributed by atoms with van der Waals surface area (Å²) in [4.78, 5) is 3.09. The van der Waals surface area contributed by atoms with E-state index in [0.29, 0.717) is 6.42 Å². The fraction of sp³-hybridized carbons (Fsp3) is 0.273. The van der Waals surface area contributed by atoms with Crippen molar-refractivity contribution in [3.63, 3.8) is 0 Å². The summed E-state index contributed by atoms with van der Waals surface area (Å²) in [5.41, 5.74) is 1.87. The minimum Gasteiger partial charge on any atom is -0.396 e. The quantitative estimate of drug-likeness (QED) is 0.690. The van der Waals surface area contributed by atoms with Crippen molar-refractivity contribution in [2.24, 2.45) is 0 Å². The highest BCUT2D eigenvalue weighted by atomic mass is 16.3. The molecule has 2 rings (SSSR count). The predicted molar refractivity (Wildman–Crippen MR) is 55.0 cm³/mol. The van der Waals surface area contributed by atoms with Crippen LogP contribution in [0.1, 0.15) is 18.1 Å². The lowest BCUT2D eigenvalue weighted by atomic mass is 10.1. The summed E-state index contributed by atoms with van der Waals surface area (Å²) in [6.07, 6.45) is 1.59. The van der Waals surface area contributed by atoms with Crippen LogP contribution in [0.25, 0.3) is 10.9 Å². The Balaban J connectivity index is 2.42. The number of aliphatic hydroxyl groups excluding tert-OH is 2. The van der Waals surface area contributed by atoms with Crippen molar-refractivity contribution >= 4 is 10.9 Å². The van der Waals surface area contributed by atoms with Gasteiger partial charge >= 0.3 is 0 Å². The van der Waals surface area contributed by atoms with Gasteiger partial charge in [0.05, 0.1) is 6.10 Å². The van der Waals surface area contributed by atoms with E-state index in [1.54, 1.807) is 6.20 Å². The third kappa shape index (κ3) is 1.52. The van der Waals surface area contributed by atoms with Crippen molar-refractivity contribution in [3.8, 4) is 0 Å². The number of benzene rings is 1. The molecule has 0 aliphatic heterocycles. The number of hydrogen-bond donors (Lipinski definition) is 3. The average molecular weight is 191 g/mol. The minimum absolute atomic E-state index is 0.000668. The molecule has 1 unspecified atom stereocenters. The Morgan fingerprint density at radius 1 is 1.29 bits per heavy atom. The Kier molecular flexibility index (Phi) is 2.52. The van der Waals surface area contributed by atoms with Crippen LogP contribution in [0.2, 0.25) is 0 Å². The van der Waals surface area contributed by atoms with Crippen molar-refractivity contribution in [2.75, 3.05) is 6.61 Å². The summed E-state index contributed by atoms with van der Waals surface area (Å²) in [7, 11) is 0. The van der Waals surface area contributed by atoms with E-state index >= 15 is 0 Å². The van der Waals surface area contributed by atoms with Crippen LogP contribution >= 0.6 is 0 Å². The topological polar surface area (TPSA) is 56.2 Å². The summed E-state index contributed by atoms with van der Waals surface area (Å²) in [5, 5.41) is 19.5. The molecule has 1 atom stereocenters. The second-order valence-electron chi connectivity index (χ2n) is 3.32. The number of para-hydroxylation sites is 1. The Morgan fingerprint density at radius 3 is 2.86 bits per heavy atom. The van der Waals surface area contributed by atoms with Gasteiger partial charge in [0, 0.05) is 35.7 Å². The number of aromatic nitrogens is 1. The fourth-order valence-corrected chi connectivity index (χ4v) is 1.65. The number of H-pyrrole nitrogens is 1. The van der Waals surface area contributed by atoms with Gasteiger partial charge in [-0.25, -0.2) is 0 Å². The van der Waals surface area contributed by atoms with Crippen molar-refractivity contribution in [1.29, 1.82) is 0 Å². The molecule has 3 heteroatoms. The van der Waals surface area contributed by atoms with Gasteiger partial charge in [0.25, 0.3) is 0 Å². The first kappa shape index (κ1) is 9.24. The van der Waals surface area contributed by atoms with E-state index in [4.69, 9.17) is 5.11 Å². The zero-order valence-electron chi connectivity index (χ0n) is 7.77. The summed E-state index contributed by atoms with van der Waals surface area (Å²) < 4.78 is 0. The van der Waals surface area contributed by atoms with Crippen LogP contribution in [0.5, 0.6) is 0 Å². The molecule has 1 aromatic heterocycles. The van der Waals surface area contributed by atoms with Crippen molar-refractivity contribution in [2.45, 2.75) is 12.5 Å². The van der Waals surface area contributed by atoms with Crippen LogP contribution < -0.4 is 0 Å². The van der Waals surface area contributed by atoms with Gasteiger partial charge in [0.1, 0.15) is 0 Å². The molecule has 0 saturated heterocycles. The Bertz CT molecular complexity index is 422. The molecule has 0 spiro atoms. The predicted octanol–water partition coefficient (Wildman–Crippen LogP) is 1.58. The lowest BCUT2D eigenvalue weighted by molar-refractivity contribution is 0.135. The van der Waals surface area contributed by atoms with E-state index in [9.17, 15) is 5.11 Å². The van der Waals surface area contributed by atoms with Gasteiger partial charge in [-0.3, -0.25) is 0 Å². The molecule has 3 N–H and O–H groups in total. The maximum absolute atomic E-state index is 9.73. The zero-order valence-corrected chi connectivity index (χ0v) is 7.77. The first-order chi connectivity index (χ1) is 6.83. The van der Waals surface area contributed by atoms with Gasteiger partial charge in [0.15, 0.2) is 0 Å². The molecule has 1 aromatic carbocycles. The first-order valence-electron chi connectivity index (χ1n) is 4.68. The van der Waals surface area contributed by atoms with E-state index in [1.165, 1.54) is 0 Å². The van der Waals surface area contributed by atoms with E-state index in [2.05, 4.69) is 4.98 Å². The molecule has 0 radical (unpaired) electrons. The first-order valence-corrected chi connectivity index (χ1v) is 4.68. The minimum atomic E-state index is -0.587. The molecule has 0 bridgehead atoms. The molecule has 0 saturated carbocycles. The Morgan fingerprint density at radius 2 is 2.07 bits per heavy atom. The summed E-state index contributed by atoms with van der Waals surface area (Å²) in [6.45, 7) is 0.000668. The Labute approximate surface area is 82.0 Å². The molecular weight excluding hydrogens is 178 g/mol. The number of fused-ring (bicyclic) bond motifs is 1. The molecule has 0 amide bonds. The van der Waals surface area contributed by atoms with Crippen molar-refractivity contribution in [3.05, 3.63) is 36.0 Å². The molecule has 3 nitrogen and oxygen atoms in total. The molecule has 2 aromatic rings. The van der Waals surface area contributed by atoms with Gasteiger partial charge in [0.2, 0.25) is 0 Å². The molecule has 74 valence electrons. The van der Waals surface area contributed by atoms with Gasteiger partial charge in [-0.1, -0.05) is 18.2 Å². The largest absolute Gasteiger partial charge is 0.396 e. The molecule has 0 fully saturated rings. The summed E-state index contributed by atoms with van der Waals surface area (Å²) >= 11 is 0. The monoisotopic (exact) mass is 191 g/mol. The number of nitrogens with one attached hydrogen (secondary N) is 1. The van der Waals surface area contributed by atoms with Crippen LogP contribution in [0, 0.1) is 0 Å². The number of hydrogen-bond acceptors (Lipinski definition) is 2. The van der Waals surface area contributed by atoms with E-state index in [1.807, 2.05) is 24.3 Å². The zero-order chi connectivity index (χ0) is 9.97. The maximum atomic E-state index is 9.73. The normalized spacial score (nSPS) is 13.3. The third-order valence-electron chi connectivity index (χ3n) is 2.38. The van der Waals surface area contributed by atoms with Gasteiger partial charge in [-0.05, 0) is 6.07 Å². The standard InChI is InChI=1S/C11H13NO2/c13-6-5-11(14)9-7-12-10-4-2-1-3-8(9)10/h1-4,7,11-14H,5-6H2. The summed E-state index contributed by atoms with van der Waals surface area (Å²) in [5.74, 6) is 0. The van der Waals surface area contributed by atoms with Crippen LogP contribution in [0.15, 0.2) is 30.5 Å². The van der Waals surface area contributed by atoms with Crippen molar-refractivity contribution in [1.82, 2.24) is 4.98 Å². The second kappa shape index (κ2) is 3.82. The lowest BCUT2D eigenvalue weighted by Crippen LogP contribution is -1.98. The van der Waals surface area contributed by atoms with E-state index in [0.717, 1.165) is 16.5 Å². The third-order valence-corrected chi connectivity index (χ3v) is 2.38. The molecule has 1 heterocycles. The second-order valence-corrected chi connectivity index (χ2v) is 3.32. The van der Waals surface area contributed by atoms with Crippen molar-refractivity contribution < 1.29 is 10.2 Å². The van der Waals surface area contributed by atoms with E-state index in [-0.39, 0.29) is 6.61 Å². The SMILES string of the molecule is OCCC(O)c1c[nH]c2ccccc12. The van der Waals surface area contributed by atoms with Crippen LogP contribution in [0.4, 0.5) is 0 Å². The van der Waals surface area contributed by atoms with Gasteiger partial charge < -0.3 is 15.2 Å². The van der Waals surface area contributed by atoms with Gasteiger partial charge in [-0.2, -0.15) is 0 Å². The summed E-state index contributed by atoms with van der Waals surface area (Å²) in [6, 6.07) is 7.80. The smallest absolute Gasteiger partial charge is 0.0832 e. The highest BCUT2D eigenvalue weighted by Gasteiger charge is 2.11. The molecule has 0 aliphatic carbocycles. The Hall–Kier alpha value is -1.32. The number of aliphatic hydroxyl groups is 2. The average Bonchev–Trinajstić information content (AvgIpc) is 2.61. The number of aromatic amines is 1. The molecule has 0 aliphatic rings. The highest BCUT2D eigenvalue weighted by Crippen LogP contribution is 2.25. The van der Waals surface area contributed by atoms with Crippen LogP contribution in [-0.2, 0) is 0 Å². The van der Waals surface area contributed by atoms with E-state index < -0.39 is 6.10 Å². The number of rotatable bonds is 3. The molecule has 14 heavy (non-hydrogen) atoms. The fourth-order valence-electron chi connectivity index (χ4n) is 1.65. The van der Waals surface area contributed by atoms with Gasteiger partial charge in [-0.15, -0.1) is 0 Å². The lowest BCUT2D eigenvalue weighted by Gasteiger charge is -2.06. The van der Waals surface area contributed by atoms with Crippen LogP contribution in [0.3, 0.4) is 0 Å². The highest BCUT2D eigenvalue weighted by molar-refractivity contribution is 5.83. The van der Waals surface area contributed by atoms with Crippen LogP contribution in [-0.4, -0.2) is 21.8 Å².